The SMILES string of the molecule is CC(C)NCC1CCN(S(=O)(=O)NN2CCOCC2)CC1. The molecule has 0 amide bonds. The van der Waals surface area contributed by atoms with E-state index in [-0.39, 0.29) is 0 Å². The summed E-state index contributed by atoms with van der Waals surface area (Å²) < 4.78 is 31.5. The smallest absolute Gasteiger partial charge is 0.292 e. The molecule has 0 aromatic rings. The molecular weight excluding hydrogens is 292 g/mol. The molecule has 0 aromatic heterocycles. The topological polar surface area (TPSA) is 73.9 Å². The Kier molecular flexibility index (Phi) is 6.39. The van der Waals surface area contributed by atoms with Gasteiger partial charge in [-0.3, -0.25) is 0 Å². The fourth-order valence-electron chi connectivity index (χ4n) is 2.63. The molecule has 2 fully saturated rings. The summed E-state index contributed by atoms with van der Waals surface area (Å²) in [6.45, 7) is 8.80. The molecule has 7 nitrogen and oxygen atoms in total. The molecule has 0 bridgehead atoms. The van der Waals surface area contributed by atoms with Crippen LogP contribution in [0.3, 0.4) is 0 Å². The maximum atomic E-state index is 12.3. The molecule has 0 aliphatic carbocycles. The molecule has 0 aromatic carbocycles. The third-order valence-corrected chi connectivity index (χ3v) is 5.52. The molecule has 0 radical (unpaired) electrons. The Morgan fingerprint density at radius 3 is 2.33 bits per heavy atom. The average Bonchev–Trinajstić information content (AvgIpc) is 2.46. The first-order valence-corrected chi connectivity index (χ1v) is 9.25. The fourth-order valence-corrected chi connectivity index (χ4v) is 3.95. The van der Waals surface area contributed by atoms with Gasteiger partial charge in [-0.15, -0.1) is 4.83 Å². The molecule has 124 valence electrons. The van der Waals surface area contributed by atoms with Crippen LogP contribution in [-0.2, 0) is 14.9 Å². The van der Waals surface area contributed by atoms with E-state index in [2.05, 4.69) is 24.0 Å². The minimum atomic E-state index is -3.40. The number of hydrogen-bond acceptors (Lipinski definition) is 5. The number of hydrogen-bond donors (Lipinski definition) is 2. The number of piperidine rings is 1. The second kappa shape index (κ2) is 7.85. The van der Waals surface area contributed by atoms with E-state index >= 15 is 0 Å². The van der Waals surface area contributed by atoms with Gasteiger partial charge in [0.15, 0.2) is 0 Å². The van der Waals surface area contributed by atoms with Crippen LogP contribution >= 0.6 is 0 Å². The Morgan fingerprint density at radius 1 is 1.14 bits per heavy atom. The van der Waals surface area contributed by atoms with E-state index in [1.165, 1.54) is 0 Å². The number of nitrogens with zero attached hydrogens (tertiary/aromatic N) is 2. The summed E-state index contributed by atoms with van der Waals surface area (Å²) in [6.07, 6.45) is 1.84. The van der Waals surface area contributed by atoms with Gasteiger partial charge in [0.25, 0.3) is 10.2 Å². The number of nitrogens with one attached hydrogen (secondary N) is 2. The van der Waals surface area contributed by atoms with Crippen molar-refractivity contribution in [3.63, 3.8) is 0 Å². The van der Waals surface area contributed by atoms with Gasteiger partial charge in [0, 0.05) is 32.2 Å². The van der Waals surface area contributed by atoms with Crippen LogP contribution in [0, 0.1) is 5.92 Å². The van der Waals surface area contributed by atoms with E-state index in [0.717, 1.165) is 19.4 Å². The minimum Gasteiger partial charge on any atom is -0.379 e. The second-order valence-electron chi connectivity index (χ2n) is 6.10. The fraction of sp³-hybridized carbons (Fsp3) is 1.00. The number of ether oxygens (including phenoxy) is 1. The van der Waals surface area contributed by atoms with E-state index in [9.17, 15) is 8.42 Å². The Balaban J connectivity index is 1.77. The zero-order valence-corrected chi connectivity index (χ0v) is 13.9. The minimum absolute atomic E-state index is 0.481. The van der Waals surface area contributed by atoms with Gasteiger partial charge in [0.05, 0.1) is 13.2 Å². The molecule has 2 aliphatic rings. The van der Waals surface area contributed by atoms with Crippen molar-refractivity contribution in [2.24, 2.45) is 5.92 Å². The van der Waals surface area contributed by atoms with Crippen molar-refractivity contribution in [1.29, 1.82) is 0 Å². The third kappa shape index (κ3) is 5.46. The maximum absolute atomic E-state index is 12.3. The molecule has 0 unspecified atom stereocenters. The number of morpholine rings is 1. The molecule has 0 spiro atoms. The van der Waals surface area contributed by atoms with Crippen molar-refractivity contribution in [2.75, 3.05) is 45.9 Å². The van der Waals surface area contributed by atoms with Gasteiger partial charge in [0.2, 0.25) is 0 Å². The van der Waals surface area contributed by atoms with E-state index in [4.69, 9.17) is 4.74 Å². The van der Waals surface area contributed by atoms with E-state index in [1.807, 2.05) is 0 Å². The van der Waals surface area contributed by atoms with Crippen molar-refractivity contribution >= 4 is 10.2 Å². The van der Waals surface area contributed by atoms with Crippen molar-refractivity contribution in [1.82, 2.24) is 19.5 Å². The van der Waals surface area contributed by atoms with Gasteiger partial charge in [-0.25, -0.2) is 5.01 Å². The zero-order valence-electron chi connectivity index (χ0n) is 13.0. The predicted octanol–water partition coefficient (Wildman–Crippen LogP) is -0.222. The first-order valence-electron chi connectivity index (χ1n) is 7.81. The monoisotopic (exact) mass is 320 g/mol. The molecule has 2 heterocycles. The zero-order chi connectivity index (χ0) is 15.3. The third-order valence-electron chi connectivity index (χ3n) is 3.98. The molecule has 0 atom stereocenters. The van der Waals surface area contributed by atoms with Crippen LogP contribution < -0.4 is 10.1 Å². The van der Waals surface area contributed by atoms with E-state index in [1.54, 1.807) is 9.31 Å². The largest absolute Gasteiger partial charge is 0.379 e. The average molecular weight is 320 g/mol. The summed E-state index contributed by atoms with van der Waals surface area (Å²) in [4.78, 5) is 2.67. The number of hydrazine groups is 1. The molecule has 0 saturated carbocycles. The standard InChI is InChI=1S/C13H28N4O3S/c1-12(2)14-11-13-3-5-17(6-4-13)21(18,19)15-16-7-9-20-10-8-16/h12-15H,3-11H2,1-2H3. The molecule has 8 heteroatoms. The van der Waals surface area contributed by atoms with Crippen molar-refractivity contribution in [3.05, 3.63) is 0 Å². The van der Waals surface area contributed by atoms with Crippen molar-refractivity contribution in [3.8, 4) is 0 Å². The Hall–Kier alpha value is -0.250. The van der Waals surface area contributed by atoms with Gasteiger partial charge < -0.3 is 10.1 Å². The Bertz CT molecular complexity index is 402. The molecule has 2 rings (SSSR count). The normalized spacial score (nSPS) is 23.8. The van der Waals surface area contributed by atoms with E-state index in [0.29, 0.717) is 51.4 Å². The van der Waals surface area contributed by atoms with Crippen LogP contribution in [0.15, 0.2) is 0 Å². The van der Waals surface area contributed by atoms with Crippen LogP contribution in [0.4, 0.5) is 0 Å². The highest BCUT2D eigenvalue weighted by atomic mass is 32.2. The number of rotatable bonds is 6. The first-order chi connectivity index (χ1) is 9.97. The molecule has 2 N–H and O–H groups in total. The van der Waals surface area contributed by atoms with Crippen LogP contribution in [-0.4, -0.2) is 69.7 Å². The quantitative estimate of drug-likeness (QED) is 0.708. The Labute approximate surface area is 128 Å². The Morgan fingerprint density at radius 2 is 1.76 bits per heavy atom. The van der Waals surface area contributed by atoms with Gasteiger partial charge in [-0.05, 0) is 25.3 Å². The van der Waals surface area contributed by atoms with Gasteiger partial charge in [-0.1, -0.05) is 13.8 Å². The summed E-state index contributed by atoms with van der Waals surface area (Å²) in [5, 5.41) is 5.16. The van der Waals surface area contributed by atoms with Gasteiger partial charge >= 0.3 is 0 Å². The summed E-state index contributed by atoms with van der Waals surface area (Å²) in [6, 6.07) is 0.481. The summed E-state index contributed by atoms with van der Waals surface area (Å²) in [5.74, 6) is 0.572. The lowest BCUT2D eigenvalue weighted by molar-refractivity contribution is 0.0259. The highest BCUT2D eigenvalue weighted by Gasteiger charge is 2.29. The van der Waals surface area contributed by atoms with Crippen LogP contribution in [0.25, 0.3) is 0 Å². The van der Waals surface area contributed by atoms with Crippen LogP contribution in [0.2, 0.25) is 0 Å². The lowest BCUT2D eigenvalue weighted by Crippen LogP contribution is -2.54. The first kappa shape index (κ1) is 17.1. The summed E-state index contributed by atoms with van der Waals surface area (Å²) >= 11 is 0. The molecular formula is C13H28N4O3S. The highest BCUT2D eigenvalue weighted by molar-refractivity contribution is 7.87. The summed E-state index contributed by atoms with van der Waals surface area (Å²) in [5.41, 5.74) is 0. The van der Waals surface area contributed by atoms with E-state index < -0.39 is 10.2 Å². The maximum Gasteiger partial charge on any atom is 0.292 e. The van der Waals surface area contributed by atoms with Crippen molar-refractivity contribution in [2.45, 2.75) is 32.7 Å². The predicted molar refractivity (Wildman–Crippen MR) is 81.9 cm³/mol. The lowest BCUT2D eigenvalue weighted by atomic mass is 9.98. The lowest BCUT2D eigenvalue weighted by Gasteiger charge is -2.34. The molecule has 2 aliphatic heterocycles. The van der Waals surface area contributed by atoms with Crippen LogP contribution in [0.1, 0.15) is 26.7 Å². The highest BCUT2D eigenvalue weighted by Crippen LogP contribution is 2.18. The second-order valence-corrected chi connectivity index (χ2v) is 7.75. The van der Waals surface area contributed by atoms with Crippen LogP contribution in [0.5, 0.6) is 0 Å². The van der Waals surface area contributed by atoms with Gasteiger partial charge in [0.1, 0.15) is 0 Å². The van der Waals surface area contributed by atoms with Gasteiger partial charge in [-0.2, -0.15) is 12.7 Å². The molecule has 2 saturated heterocycles. The van der Waals surface area contributed by atoms with Crippen molar-refractivity contribution < 1.29 is 13.2 Å². The molecule has 21 heavy (non-hydrogen) atoms. The summed E-state index contributed by atoms with van der Waals surface area (Å²) in [7, 11) is -3.40.